The second-order valence-electron chi connectivity index (χ2n) is 6.65. The zero-order valence-electron chi connectivity index (χ0n) is 14.6. The second-order valence-corrected chi connectivity index (χ2v) is 21.1. The number of hydrogen-bond acceptors (Lipinski definition) is 1. The van der Waals surface area contributed by atoms with Crippen molar-refractivity contribution in [2.24, 2.45) is 0 Å². The Hall–Kier alpha value is -1.55. The van der Waals surface area contributed by atoms with Crippen LogP contribution in [0.3, 0.4) is 0 Å². The van der Waals surface area contributed by atoms with E-state index in [1.165, 1.54) is 21.7 Å². The van der Waals surface area contributed by atoms with E-state index in [9.17, 15) is 0 Å². The zero-order chi connectivity index (χ0) is 16.6. The van der Waals surface area contributed by atoms with Crippen LogP contribution < -0.4 is 3.58 Å². The molecule has 2 nitrogen and oxygen atoms in total. The first-order valence-electron chi connectivity index (χ1n) is 8.34. The fourth-order valence-electron chi connectivity index (χ4n) is 3.04. The molecule has 0 amide bonds. The fraction of sp³-hybridized carbons (Fsp3) is 0.250. The van der Waals surface area contributed by atoms with Crippen LogP contribution in [0, 0.1) is 0 Å². The van der Waals surface area contributed by atoms with Gasteiger partial charge in [-0.2, -0.15) is 0 Å². The molecule has 0 spiro atoms. The summed E-state index contributed by atoms with van der Waals surface area (Å²) in [6.45, 7) is 4.00. The summed E-state index contributed by atoms with van der Waals surface area (Å²) in [4.78, 5) is 11.9. The predicted molar refractivity (Wildman–Crippen MR) is 105 cm³/mol. The van der Waals surface area contributed by atoms with E-state index >= 15 is 0 Å². The van der Waals surface area contributed by atoms with E-state index in [4.69, 9.17) is 0 Å². The average Bonchev–Trinajstić information content (AvgIpc) is 3.06. The summed E-state index contributed by atoms with van der Waals surface area (Å²) in [5.41, 5.74) is 2.30. The third-order valence-corrected chi connectivity index (χ3v) is 10.1. The Balaban J connectivity index is 0.000000753. The van der Waals surface area contributed by atoms with Crippen molar-refractivity contribution in [3.8, 4) is 0 Å². The monoisotopic (exact) mass is 412 g/mol. The number of imidazole rings is 1. The van der Waals surface area contributed by atoms with Crippen molar-refractivity contribution in [3.63, 3.8) is 0 Å². The topological polar surface area (TPSA) is 17.3 Å². The second kappa shape index (κ2) is 6.16. The van der Waals surface area contributed by atoms with E-state index in [1.807, 2.05) is 20.0 Å². The molecule has 2 aromatic carbocycles. The molecule has 2 heterocycles. The Morgan fingerprint density at radius 1 is 0.870 bits per heavy atom. The Bertz CT molecular complexity index is 977. The molecule has 4 rings (SSSR count). The van der Waals surface area contributed by atoms with Crippen molar-refractivity contribution in [3.05, 3.63) is 54.9 Å². The molecule has 0 unspecified atom stereocenters. The van der Waals surface area contributed by atoms with Crippen LogP contribution in [0.2, 0.25) is 14.8 Å². The fourth-order valence-corrected chi connectivity index (χ4v) is 6.35. The van der Waals surface area contributed by atoms with E-state index in [1.54, 1.807) is 3.58 Å². The third-order valence-electron chi connectivity index (χ3n) is 4.22. The van der Waals surface area contributed by atoms with Gasteiger partial charge in [-0.05, 0) is 0 Å². The number of benzene rings is 2. The van der Waals surface area contributed by atoms with Crippen LogP contribution in [-0.2, 0) is 0 Å². The van der Waals surface area contributed by atoms with E-state index in [2.05, 4.69) is 72.9 Å². The summed E-state index contributed by atoms with van der Waals surface area (Å²) in [6, 6.07) is 15.6. The maximum atomic E-state index is 4.54. The molecule has 4 aromatic rings. The average molecular weight is 411 g/mol. The molecule has 2 aromatic heterocycles. The van der Waals surface area contributed by atoms with Gasteiger partial charge in [-0.3, -0.25) is 0 Å². The number of rotatable bonds is 1. The van der Waals surface area contributed by atoms with Crippen LogP contribution in [0.15, 0.2) is 54.9 Å². The molecule has 0 saturated heterocycles. The molecule has 118 valence electrons. The molecule has 0 atom stereocenters. The summed E-state index contributed by atoms with van der Waals surface area (Å²) in [6.07, 6.45) is 3.95. The standard InChI is InChI=1S/C15H9N2.C2H6.3CH3.Sn/c1-2-7-13-11(5-1)12-6-3-4-8-14(12)17-10-9-16-15(13)17;1-2;;;;/h1-2,4-10H;1-2H3;3*1H3;. The van der Waals surface area contributed by atoms with Gasteiger partial charge in [0, 0.05) is 0 Å². The van der Waals surface area contributed by atoms with Gasteiger partial charge in [0.1, 0.15) is 0 Å². The zero-order valence-corrected chi connectivity index (χ0v) is 17.4. The molecule has 0 aliphatic carbocycles. The predicted octanol–water partition coefficient (Wildman–Crippen LogP) is 5.21. The number of aromatic nitrogens is 2. The Morgan fingerprint density at radius 3 is 2.26 bits per heavy atom. The number of pyridine rings is 1. The summed E-state index contributed by atoms with van der Waals surface area (Å²) in [7, 11) is 0. The van der Waals surface area contributed by atoms with Gasteiger partial charge in [0.25, 0.3) is 0 Å². The van der Waals surface area contributed by atoms with Crippen molar-refractivity contribution >= 4 is 49.3 Å². The van der Waals surface area contributed by atoms with Gasteiger partial charge in [-0.1, -0.05) is 13.8 Å². The van der Waals surface area contributed by atoms with Crippen molar-refractivity contribution in [2.75, 3.05) is 0 Å². The maximum absolute atomic E-state index is 4.54. The first-order chi connectivity index (χ1) is 11.1. The van der Waals surface area contributed by atoms with E-state index in [0.717, 1.165) is 5.65 Å². The van der Waals surface area contributed by atoms with E-state index in [-0.39, 0.29) is 0 Å². The first kappa shape index (κ1) is 16.3. The van der Waals surface area contributed by atoms with Crippen molar-refractivity contribution in [1.82, 2.24) is 9.38 Å². The van der Waals surface area contributed by atoms with E-state index < -0.39 is 18.4 Å². The normalized spacial score (nSPS) is 11.7. The third kappa shape index (κ3) is 2.73. The van der Waals surface area contributed by atoms with Gasteiger partial charge >= 0.3 is 128 Å². The summed E-state index contributed by atoms with van der Waals surface area (Å²) in [5, 5.41) is 3.89. The van der Waals surface area contributed by atoms with Crippen molar-refractivity contribution in [1.29, 1.82) is 0 Å². The molecule has 0 aliphatic rings. The van der Waals surface area contributed by atoms with Gasteiger partial charge in [-0.25, -0.2) is 0 Å². The molecule has 0 radical (unpaired) electrons. The van der Waals surface area contributed by atoms with Gasteiger partial charge in [-0.15, -0.1) is 0 Å². The Kier molecular flexibility index (Phi) is 4.37. The summed E-state index contributed by atoms with van der Waals surface area (Å²) >= 11 is -2.06. The van der Waals surface area contributed by atoms with Crippen LogP contribution in [0.4, 0.5) is 0 Å². The molecule has 0 aliphatic heterocycles. The van der Waals surface area contributed by atoms with Crippen LogP contribution >= 0.6 is 0 Å². The molecule has 0 saturated carbocycles. The van der Waals surface area contributed by atoms with Gasteiger partial charge in [0.15, 0.2) is 0 Å². The molecule has 23 heavy (non-hydrogen) atoms. The van der Waals surface area contributed by atoms with Crippen molar-refractivity contribution in [2.45, 2.75) is 28.7 Å². The van der Waals surface area contributed by atoms with E-state index in [0.29, 0.717) is 0 Å². The van der Waals surface area contributed by atoms with Crippen LogP contribution in [-0.4, -0.2) is 27.8 Å². The molecule has 0 fully saturated rings. The minimum atomic E-state index is -2.06. The molecule has 3 heteroatoms. The number of hydrogen-bond donors (Lipinski definition) is 0. The quantitative estimate of drug-likeness (QED) is 0.311. The van der Waals surface area contributed by atoms with Crippen LogP contribution in [0.1, 0.15) is 13.8 Å². The van der Waals surface area contributed by atoms with Crippen LogP contribution in [0.5, 0.6) is 0 Å². The number of nitrogens with zero attached hydrogens (tertiary/aromatic N) is 2. The summed E-state index contributed by atoms with van der Waals surface area (Å²) < 4.78 is 3.78. The van der Waals surface area contributed by atoms with Gasteiger partial charge in [0.2, 0.25) is 0 Å². The van der Waals surface area contributed by atoms with Gasteiger partial charge < -0.3 is 0 Å². The Labute approximate surface area is 142 Å². The Morgan fingerprint density at radius 2 is 1.57 bits per heavy atom. The molecular formula is C20H24N2Sn. The minimum absolute atomic E-state index is 1.05. The number of fused-ring (bicyclic) bond motifs is 6. The van der Waals surface area contributed by atoms with Crippen LogP contribution in [0.25, 0.3) is 27.3 Å². The van der Waals surface area contributed by atoms with Gasteiger partial charge in [0.05, 0.1) is 0 Å². The van der Waals surface area contributed by atoms with Crippen molar-refractivity contribution < 1.29 is 0 Å². The molecule has 0 N–H and O–H groups in total. The molecular weight excluding hydrogens is 387 g/mol. The first-order valence-corrected chi connectivity index (χ1v) is 18.3. The molecule has 0 bridgehead atoms. The SMILES string of the molecule is CC.[CH3][Sn]([CH3])([CH3])[c]1ccc2c(c1)c1ccccc1c1nccn21. The summed E-state index contributed by atoms with van der Waals surface area (Å²) in [5.74, 6) is 0.